The van der Waals surface area contributed by atoms with Crippen LogP contribution in [0.5, 0.6) is 0 Å². The summed E-state index contributed by atoms with van der Waals surface area (Å²) in [5.41, 5.74) is 5.82. The second-order valence-electron chi connectivity index (χ2n) is 3.27. The predicted octanol–water partition coefficient (Wildman–Crippen LogP) is 2.05. The van der Waals surface area contributed by atoms with Crippen molar-refractivity contribution in [2.24, 2.45) is 0 Å². The van der Waals surface area contributed by atoms with E-state index in [1.54, 1.807) is 0 Å². The quantitative estimate of drug-likeness (QED) is 0.782. The highest BCUT2D eigenvalue weighted by atomic mass is 32.1. The molecular formula is C9H12F3N3OS. The average molecular weight is 267 g/mol. The molecular weight excluding hydrogens is 255 g/mol. The van der Waals surface area contributed by atoms with Gasteiger partial charge >= 0.3 is 6.18 Å². The third-order valence-corrected chi connectivity index (χ3v) is 3.01. The molecule has 0 unspecified atom stereocenters. The summed E-state index contributed by atoms with van der Waals surface area (Å²) in [6.07, 6.45) is -5.13. The minimum absolute atomic E-state index is 0.239. The van der Waals surface area contributed by atoms with Gasteiger partial charge in [-0.25, -0.2) is 0 Å². The molecule has 96 valence electrons. The number of amides is 1. The predicted molar refractivity (Wildman–Crippen MR) is 61.3 cm³/mol. The number of alkyl halides is 3. The SMILES string of the molecule is CNC(=O)c1sc(NCCC(F)(F)F)cc1N. The number of halogens is 3. The fraction of sp³-hybridized carbons (Fsp3) is 0.444. The van der Waals surface area contributed by atoms with E-state index in [-0.39, 0.29) is 18.1 Å². The highest BCUT2D eigenvalue weighted by molar-refractivity contribution is 7.18. The van der Waals surface area contributed by atoms with Crippen molar-refractivity contribution >= 4 is 27.9 Å². The maximum absolute atomic E-state index is 11.9. The van der Waals surface area contributed by atoms with E-state index in [0.29, 0.717) is 9.88 Å². The number of nitrogens with one attached hydrogen (secondary N) is 2. The van der Waals surface area contributed by atoms with Crippen molar-refractivity contribution in [3.05, 3.63) is 10.9 Å². The molecule has 0 bridgehead atoms. The summed E-state index contributed by atoms with van der Waals surface area (Å²) in [6.45, 7) is -0.239. The fourth-order valence-electron chi connectivity index (χ4n) is 1.11. The number of hydrogen-bond acceptors (Lipinski definition) is 4. The number of nitrogens with two attached hydrogens (primary N) is 1. The second-order valence-corrected chi connectivity index (χ2v) is 4.32. The summed E-state index contributed by atoms with van der Waals surface area (Å²) in [7, 11) is 1.46. The Bertz CT molecular complexity index is 403. The minimum atomic E-state index is -4.20. The number of nitrogen functional groups attached to an aromatic ring is 1. The van der Waals surface area contributed by atoms with Gasteiger partial charge in [0.25, 0.3) is 5.91 Å². The van der Waals surface area contributed by atoms with Gasteiger partial charge in [-0.2, -0.15) is 13.2 Å². The molecule has 8 heteroatoms. The van der Waals surface area contributed by atoms with E-state index in [4.69, 9.17) is 5.73 Å². The summed E-state index contributed by atoms with van der Waals surface area (Å²) < 4.78 is 35.7. The zero-order chi connectivity index (χ0) is 13.1. The number of carbonyl (C=O) groups excluding carboxylic acids is 1. The molecule has 0 aliphatic carbocycles. The molecule has 1 aromatic heterocycles. The van der Waals surface area contributed by atoms with Crippen LogP contribution in [0.1, 0.15) is 16.1 Å². The fourth-order valence-corrected chi connectivity index (χ4v) is 2.06. The van der Waals surface area contributed by atoms with Gasteiger partial charge in [0.05, 0.1) is 17.1 Å². The van der Waals surface area contributed by atoms with E-state index in [1.807, 2.05) is 0 Å². The maximum atomic E-state index is 11.9. The Morgan fingerprint density at radius 3 is 2.71 bits per heavy atom. The summed E-state index contributed by atoms with van der Waals surface area (Å²) >= 11 is 1.03. The zero-order valence-electron chi connectivity index (χ0n) is 9.02. The highest BCUT2D eigenvalue weighted by Crippen LogP contribution is 2.29. The van der Waals surface area contributed by atoms with Gasteiger partial charge in [0.2, 0.25) is 0 Å². The maximum Gasteiger partial charge on any atom is 0.390 e. The number of anilines is 2. The van der Waals surface area contributed by atoms with E-state index in [2.05, 4.69) is 10.6 Å². The molecule has 0 aliphatic heterocycles. The number of hydrogen-bond donors (Lipinski definition) is 3. The molecule has 0 aliphatic rings. The van der Waals surface area contributed by atoms with Crippen LogP contribution in [0, 0.1) is 0 Å². The van der Waals surface area contributed by atoms with Crippen LogP contribution in [-0.4, -0.2) is 25.7 Å². The normalized spacial score (nSPS) is 11.3. The molecule has 17 heavy (non-hydrogen) atoms. The molecule has 0 saturated carbocycles. The first-order valence-electron chi connectivity index (χ1n) is 4.75. The van der Waals surface area contributed by atoms with E-state index < -0.39 is 12.6 Å². The van der Waals surface area contributed by atoms with Gasteiger partial charge in [-0.3, -0.25) is 4.79 Å². The summed E-state index contributed by atoms with van der Waals surface area (Å²) in [6, 6.07) is 1.45. The van der Waals surface area contributed by atoms with Gasteiger partial charge in [0.1, 0.15) is 4.88 Å². The Kier molecular flexibility index (Phi) is 4.22. The van der Waals surface area contributed by atoms with Crippen LogP contribution in [-0.2, 0) is 0 Å². The summed E-state index contributed by atoms with van der Waals surface area (Å²) in [5.74, 6) is -0.351. The summed E-state index contributed by atoms with van der Waals surface area (Å²) in [4.78, 5) is 11.6. The van der Waals surface area contributed by atoms with Gasteiger partial charge in [-0.1, -0.05) is 0 Å². The first-order valence-corrected chi connectivity index (χ1v) is 5.57. The number of thiophene rings is 1. The van der Waals surface area contributed by atoms with Crippen LogP contribution in [0.15, 0.2) is 6.07 Å². The van der Waals surface area contributed by atoms with Crippen LogP contribution in [0.3, 0.4) is 0 Å². The molecule has 1 aromatic rings. The van der Waals surface area contributed by atoms with E-state index in [0.717, 1.165) is 11.3 Å². The van der Waals surface area contributed by atoms with E-state index in [1.165, 1.54) is 13.1 Å². The molecule has 1 heterocycles. The molecule has 4 nitrogen and oxygen atoms in total. The third kappa shape index (κ3) is 4.14. The van der Waals surface area contributed by atoms with Crippen molar-refractivity contribution in [1.29, 1.82) is 0 Å². The van der Waals surface area contributed by atoms with Crippen molar-refractivity contribution in [2.75, 3.05) is 24.6 Å². The first kappa shape index (κ1) is 13.6. The molecule has 1 rings (SSSR count). The zero-order valence-corrected chi connectivity index (χ0v) is 9.84. The average Bonchev–Trinajstić information content (AvgIpc) is 2.57. The lowest BCUT2D eigenvalue weighted by atomic mass is 10.3. The standard InChI is InChI=1S/C9H12F3N3OS/c1-14-8(16)7-5(13)4-6(17-7)15-3-2-9(10,11)12/h4,15H,2-3,13H2,1H3,(H,14,16). The topological polar surface area (TPSA) is 67.2 Å². The molecule has 0 fully saturated rings. The van der Waals surface area contributed by atoms with Crippen molar-refractivity contribution < 1.29 is 18.0 Å². The monoisotopic (exact) mass is 267 g/mol. The molecule has 0 atom stereocenters. The summed E-state index contributed by atoms with van der Waals surface area (Å²) in [5, 5.41) is 5.43. The van der Waals surface area contributed by atoms with Gasteiger partial charge in [-0.15, -0.1) is 11.3 Å². The van der Waals surface area contributed by atoms with Crippen molar-refractivity contribution in [2.45, 2.75) is 12.6 Å². The lowest BCUT2D eigenvalue weighted by molar-refractivity contribution is -0.131. The molecule has 0 spiro atoms. The van der Waals surface area contributed by atoms with E-state index >= 15 is 0 Å². The lowest BCUT2D eigenvalue weighted by Gasteiger charge is -2.06. The Hall–Kier alpha value is -1.44. The van der Waals surface area contributed by atoms with E-state index in [9.17, 15) is 18.0 Å². The Morgan fingerprint density at radius 1 is 1.53 bits per heavy atom. The molecule has 1 amide bonds. The third-order valence-electron chi connectivity index (χ3n) is 1.90. The van der Waals surface area contributed by atoms with Crippen molar-refractivity contribution in [1.82, 2.24) is 5.32 Å². The van der Waals surface area contributed by atoms with Crippen LogP contribution >= 0.6 is 11.3 Å². The Labute approximate surface area is 100.0 Å². The van der Waals surface area contributed by atoms with Crippen LogP contribution in [0.4, 0.5) is 23.9 Å². The van der Waals surface area contributed by atoms with Gasteiger partial charge in [0.15, 0.2) is 0 Å². The van der Waals surface area contributed by atoms with Crippen LogP contribution in [0.2, 0.25) is 0 Å². The second kappa shape index (κ2) is 5.26. The smallest absolute Gasteiger partial charge is 0.390 e. The lowest BCUT2D eigenvalue weighted by Crippen LogP contribution is -2.17. The van der Waals surface area contributed by atoms with Crippen LogP contribution in [0.25, 0.3) is 0 Å². The van der Waals surface area contributed by atoms with Gasteiger partial charge in [0, 0.05) is 13.6 Å². The minimum Gasteiger partial charge on any atom is -0.397 e. The Morgan fingerprint density at radius 2 is 2.18 bits per heavy atom. The first-order chi connectivity index (χ1) is 7.83. The molecule has 0 aromatic carbocycles. The van der Waals surface area contributed by atoms with Crippen molar-refractivity contribution in [3.63, 3.8) is 0 Å². The van der Waals surface area contributed by atoms with Gasteiger partial charge < -0.3 is 16.4 Å². The highest BCUT2D eigenvalue weighted by Gasteiger charge is 2.26. The largest absolute Gasteiger partial charge is 0.397 e. The Balaban J connectivity index is 2.59. The van der Waals surface area contributed by atoms with Gasteiger partial charge in [-0.05, 0) is 6.07 Å². The molecule has 0 radical (unpaired) electrons. The molecule has 0 saturated heterocycles. The number of carbonyl (C=O) groups is 1. The van der Waals surface area contributed by atoms with Crippen LogP contribution < -0.4 is 16.4 Å². The molecule has 4 N–H and O–H groups in total. The van der Waals surface area contributed by atoms with Crippen molar-refractivity contribution in [3.8, 4) is 0 Å². The number of rotatable bonds is 4.